The summed E-state index contributed by atoms with van der Waals surface area (Å²) >= 11 is 1.18. The van der Waals surface area contributed by atoms with Crippen LogP contribution < -0.4 is 0 Å². The molecule has 6 nitrogen and oxygen atoms in total. The van der Waals surface area contributed by atoms with Gasteiger partial charge in [-0.25, -0.2) is 0 Å². The molecule has 0 unspecified atom stereocenters. The third-order valence-electron chi connectivity index (χ3n) is 2.78. The number of carboxylic acids is 1. The smallest absolute Gasteiger partial charge is 0.313 e. The Morgan fingerprint density at radius 3 is 2.67 bits per heavy atom. The van der Waals surface area contributed by atoms with Crippen molar-refractivity contribution in [2.24, 2.45) is 0 Å². The molecule has 1 N–H and O–H groups in total. The molecule has 0 aromatic carbocycles. The van der Waals surface area contributed by atoms with Gasteiger partial charge in [-0.05, 0) is 39.8 Å². The molecule has 112 valence electrons. The molecule has 21 heavy (non-hydrogen) atoms. The van der Waals surface area contributed by atoms with Crippen molar-refractivity contribution in [2.75, 3.05) is 5.75 Å². The van der Waals surface area contributed by atoms with Gasteiger partial charge in [0, 0.05) is 23.0 Å². The van der Waals surface area contributed by atoms with Crippen LogP contribution in [-0.4, -0.2) is 36.6 Å². The number of hydrogen-bond donors (Lipinski definition) is 1. The summed E-state index contributed by atoms with van der Waals surface area (Å²) in [4.78, 5) is 15.0. The van der Waals surface area contributed by atoms with Crippen LogP contribution in [0, 0.1) is 6.92 Å². The van der Waals surface area contributed by atoms with E-state index >= 15 is 0 Å². The quantitative estimate of drug-likeness (QED) is 0.874. The second kappa shape index (κ2) is 5.85. The first-order chi connectivity index (χ1) is 9.79. The molecule has 0 saturated heterocycles. The van der Waals surface area contributed by atoms with Crippen LogP contribution in [0.2, 0.25) is 0 Å². The predicted molar refractivity (Wildman–Crippen MR) is 81.3 cm³/mol. The number of aliphatic carboxylic acids is 1. The molecule has 7 heteroatoms. The molecule has 2 rings (SSSR count). The molecule has 0 amide bonds. The van der Waals surface area contributed by atoms with Crippen molar-refractivity contribution in [3.05, 3.63) is 24.0 Å². The Balaban J connectivity index is 2.49. The largest absolute Gasteiger partial charge is 0.481 e. The van der Waals surface area contributed by atoms with Gasteiger partial charge in [0.2, 0.25) is 0 Å². The summed E-state index contributed by atoms with van der Waals surface area (Å²) in [5, 5.41) is 17.8. The van der Waals surface area contributed by atoms with Crippen LogP contribution in [0.4, 0.5) is 0 Å². The van der Waals surface area contributed by atoms with Gasteiger partial charge in [-0.1, -0.05) is 11.8 Å². The summed E-state index contributed by atoms with van der Waals surface area (Å²) in [7, 11) is 0. The third kappa shape index (κ3) is 3.60. The first-order valence-electron chi connectivity index (χ1n) is 6.52. The Kier molecular flexibility index (Phi) is 4.32. The van der Waals surface area contributed by atoms with Crippen LogP contribution in [0.5, 0.6) is 0 Å². The molecule has 2 heterocycles. The number of nitrogens with zero attached hydrogens (tertiary/aromatic N) is 4. The number of aryl methyl sites for hydroxylation is 1. The van der Waals surface area contributed by atoms with E-state index in [-0.39, 0.29) is 11.3 Å². The minimum atomic E-state index is -0.871. The molecule has 0 aliphatic heterocycles. The minimum absolute atomic E-state index is 0.0381. The van der Waals surface area contributed by atoms with Gasteiger partial charge in [-0.3, -0.25) is 14.3 Å². The van der Waals surface area contributed by atoms with E-state index < -0.39 is 5.97 Å². The Morgan fingerprint density at radius 1 is 1.38 bits per heavy atom. The van der Waals surface area contributed by atoms with E-state index in [4.69, 9.17) is 5.11 Å². The highest BCUT2D eigenvalue weighted by molar-refractivity contribution is 7.99. The molecule has 0 saturated carbocycles. The molecule has 2 aromatic rings. The summed E-state index contributed by atoms with van der Waals surface area (Å²) in [6, 6.07) is 3.82. The summed E-state index contributed by atoms with van der Waals surface area (Å²) in [5.41, 5.74) is 1.57. The zero-order chi connectivity index (χ0) is 15.6. The van der Waals surface area contributed by atoms with E-state index in [1.807, 2.05) is 44.4 Å². The van der Waals surface area contributed by atoms with E-state index in [0.717, 1.165) is 17.1 Å². The Hall–Kier alpha value is -1.89. The van der Waals surface area contributed by atoms with Crippen LogP contribution >= 0.6 is 11.8 Å². The lowest BCUT2D eigenvalue weighted by Crippen LogP contribution is -2.24. The summed E-state index contributed by atoms with van der Waals surface area (Å²) in [5.74, 6) is -0.186. The first kappa shape index (κ1) is 15.5. The second-order valence-corrected chi connectivity index (χ2v) is 6.62. The zero-order valence-corrected chi connectivity index (χ0v) is 13.3. The molecule has 0 spiro atoms. The van der Waals surface area contributed by atoms with Crippen LogP contribution in [0.1, 0.15) is 26.5 Å². The Morgan fingerprint density at radius 2 is 2.10 bits per heavy atom. The van der Waals surface area contributed by atoms with Gasteiger partial charge in [0.25, 0.3) is 0 Å². The fraction of sp³-hybridized carbons (Fsp3) is 0.429. The van der Waals surface area contributed by atoms with E-state index in [1.54, 1.807) is 6.20 Å². The molecule has 0 fully saturated rings. The van der Waals surface area contributed by atoms with E-state index in [2.05, 4.69) is 15.2 Å². The Labute approximate surface area is 127 Å². The van der Waals surface area contributed by atoms with Gasteiger partial charge >= 0.3 is 5.97 Å². The first-order valence-corrected chi connectivity index (χ1v) is 7.51. The number of carbonyl (C=O) groups is 1. The van der Waals surface area contributed by atoms with Crippen LogP contribution in [0.3, 0.4) is 0 Å². The second-order valence-electron chi connectivity index (χ2n) is 5.68. The normalized spacial score (nSPS) is 11.6. The number of pyridine rings is 1. The fourth-order valence-electron chi connectivity index (χ4n) is 1.97. The van der Waals surface area contributed by atoms with Crippen LogP contribution in [-0.2, 0) is 10.3 Å². The van der Waals surface area contributed by atoms with Crippen molar-refractivity contribution in [1.29, 1.82) is 0 Å². The highest BCUT2D eigenvalue weighted by Gasteiger charge is 2.24. The van der Waals surface area contributed by atoms with Gasteiger partial charge in [0.1, 0.15) is 0 Å². The summed E-state index contributed by atoms with van der Waals surface area (Å²) in [6.07, 6.45) is 1.73. The highest BCUT2D eigenvalue weighted by atomic mass is 32.2. The lowest BCUT2D eigenvalue weighted by atomic mass is 10.1. The average molecular weight is 306 g/mol. The van der Waals surface area contributed by atoms with Crippen LogP contribution in [0.15, 0.2) is 23.5 Å². The van der Waals surface area contributed by atoms with Gasteiger partial charge < -0.3 is 5.11 Å². The monoisotopic (exact) mass is 306 g/mol. The van der Waals surface area contributed by atoms with Crippen LogP contribution in [0.25, 0.3) is 11.4 Å². The van der Waals surface area contributed by atoms with Crippen molar-refractivity contribution >= 4 is 17.7 Å². The van der Waals surface area contributed by atoms with E-state index in [0.29, 0.717) is 5.16 Å². The topological polar surface area (TPSA) is 80.9 Å². The number of rotatable bonds is 4. The van der Waals surface area contributed by atoms with Crippen molar-refractivity contribution < 1.29 is 9.90 Å². The lowest BCUT2D eigenvalue weighted by Gasteiger charge is -2.24. The van der Waals surface area contributed by atoms with E-state index in [9.17, 15) is 4.79 Å². The molecule has 0 bridgehead atoms. The van der Waals surface area contributed by atoms with Crippen molar-refractivity contribution in [3.8, 4) is 11.4 Å². The predicted octanol–water partition coefficient (Wildman–Crippen LogP) is 2.58. The summed E-state index contributed by atoms with van der Waals surface area (Å²) < 4.78 is 1.97. The molecular formula is C14H18N4O2S. The van der Waals surface area contributed by atoms with Crippen molar-refractivity contribution in [3.63, 3.8) is 0 Å². The Bertz CT molecular complexity index is 661. The zero-order valence-electron chi connectivity index (χ0n) is 12.5. The molecule has 0 aliphatic rings. The standard InChI is InChI=1S/C14H18N4O2S/c1-9-7-10(5-6-15-9)12-16-17-13(21-8-11(19)20)18(12)14(2,3)4/h5-7H,8H2,1-4H3,(H,19,20). The van der Waals surface area contributed by atoms with Crippen molar-refractivity contribution in [2.45, 2.75) is 38.4 Å². The number of carboxylic acid groups (broad SMARTS) is 1. The molecule has 2 aromatic heterocycles. The minimum Gasteiger partial charge on any atom is -0.481 e. The lowest BCUT2D eigenvalue weighted by molar-refractivity contribution is -0.133. The molecule has 0 atom stereocenters. The summed E-state index contributed by atoms with van der Waals surface area (Å²) in [6.45, 7) is 8.04. The molecule has 0 aliphatic carbocycles. The average Bonchev–Trinajstić information content (AvgIpc) is 2.80. The fourth-order valence-corrected chi connectivity index (χ4v) is 2.81. The maximum atomic E-state index is 10.8. The van der Waals surface area contributed by atoms with Gasteiger partial charge in [0.05, 0.1) is 5.75 Å². The third-order valence-corrected chi connectivity index (χ3v) is 3.70. The molecular weight excluding hydrogens is 288 g/mol. The maximum absolute atomic E-state index is 10.8. The van der Waals surface area contributed by atoms with Gasteiger partial charge in [0.15, 0.2) is 11.0 Å². The number of aromatic nitrogens is 4. The number of hydrogen-bond acceptors (Lipinski definition) is 5. The highest BCUT2D eigenvalue weighted by Crippen LogP contribution is 2.30. The number of thioether (sulfide) groups is 1. The molecule has 0 radical (unpaired) electrons. The van der Waals surface area contributed by atoms with Gasteiger partial charge in [-0.2, -0.15) is 0 Å². The van der Waals surface area contributed by atoms with E-state index in [1.165, 1.54) is 11.8 Å². The SMILES string of the molecule is Cc1cc(-c2nnc(SCC(=O)O)n2C(C)(C)C)ccn1. The van der Waals surface area contributed by atoms with Crippen molar-refractivity contribution in [1.82, 2.24) is 19.7 Å². The van der Waals surface area contributed by atoms with Gasteiger partial charge in [-0.15, -0.1) is 10.2 Å². The maximum Gasteiger partial charge on any atom is 0.313 e.